The normalized spacial score (nSPS) is 10.1. The highest BCUT2D eigenvalue weighted by atomic mass is 127. The molecule has 3 N–H and O–H groups in total. The number of halogens is 4. The molecule has 0 bridgehead atoms. The van der Waals surface area contributed by atoms with Crippen molar-refractivity contribution in [3.8, 4) is 11.5 Å². The van der Waals surface area contributed by atoms with Gasteiger partial charge in [-0.05, 0) is 139 Å². The molecule has 0 aliphatic heterocycles. The summed E-state index contributed by atoms with van der Waals surface area (Å²) in [5.41, 5.74) is 5.95. The molecule has 0 amide bonds. The molecule has 0 aliphatic rings. The minimum atomic E-state index is 0. The first-order chi connectivity index (χ1) is 41.0. The van der Waals surface area contributed by atoms with Gasteiger partial charge >= 0.3 is 0 Å². The molecule has 0 saturated heterocycles. The summed E-state index contributed by atoms with van der Waals surface area (Å²) in [6.07, 6.45) is 53.4. The Kier molecular flexibility index (Phi) is 111. The molecular formula is C76H154I4NO3P. The van der Waals surface area contributed by atoms with Gasteiger partial charge in [0.15, 0.2) is 0 Å². The smallest absolute Gasteiger partial charge is 0.119 e. The second kappa shape index (κ2) is 91.7. The quantitative estimate of drug-likeness (QED) is 0.0228. The van der Waals surface area contributed by atoms with Crippen molar-refractivity contribution in [2.45, 2.75) is 375 Å². The molecule has 0 spiro atoms. The van der Waals surface area contributed by atoms with Crippen molar-refractivity contribution in [2.75, 3.05) is 18.1 Å². The molecule has 0 aliphatic carbocycles. The molecule has 9 heteroatoms. The van der Waals surface area contributed by atoms with Crippen LogP contribution < -0.4 is 13.4 Å². The zero-order valence-electron chi connectivity index (χ0n) is 59.4. The zero-order valence-corrected chi connectivity index (χ0v) is 69.2. The summed E-state index contributed by atoms with van der Waals surface area (Å²) in [6.45, 7) is 40.2. The number of hydrogen-bond acceptors (Lipinski definition) is 4. The number of benzene rings is 2. The van der Waals surface area contributed by atoms with Gasteiger partial charge in [0.05, 0.1) is 13.2 Å². The maximum atomic E-state index is 6.97. The number of ether oxygens (including phenoxy) is 2. The first-order valence-corrected chi connectivity index (χ1v) is 44.1. The Bertz CT molecular complexity index is 1340. The summed E-state index contributed by atoms with van der Waals surface area (Å²) >= 11 is 7.02. The topological polar surface area (TPSA) is 64.7 Å². The molecule has 514 valence electrons. The number of unbranched alkanes of at least 4 members (excludes halogenated alkanes) is 11. The first-order valence-electron chi connectivity index (χ1n) is 35.5. The predicted molar refractivity (Wildman–Crippen MR) is 434 cm³/mol. The Balaban J connectivity index is -0.000000169. The van der Waals surface area contributed by atoms with Crippen LogP contribution in [0.3, 0.4) is 0 Å². The van der Waals surface area contributed by atoms with Crippen molar-refractivity contribution in [1.82, 2.24) is 0 Å². The third-order valence-corrected chi connectivity index (χ3v) is 15.7. The number of alkyl halides is 1. The SMILES string of the molecule is C.CCC(C)CC.CCCC.CCCCC(CCCC)CCCc1cc(CCCC(CCCC)CCCC)cc(OCCC)c1.CCCCCC.CCCCc1cc(CCCC(CCCC)CCCC)cc(OCCC)c1.CI.NI.OI.PI. The largest absolute Gasteiger partial charge is 0.494 e. The van der Waals surface area contributed by atoms with E-state index in [0.29, 0.717) is 0 Å². The molecule has 85 heavy (non-hydrogen) atoms. The van der Waals surface area contributed by atoms with Crippen molar-refractivity contribution in [3.05, 3.63) is 58.7 Å². The third kappa shape index (κ3) is 77.7. The summed E-state index contributed by atoms with van der Waals surface area (Å²) in [7, 11) is 0. The number of rotatable bonds is 45. The van der Waals surface area contributed by atoms with Gasteiger partial charge in [-0.1, -0.05) is 374 Å². The lowest BCUT2D eigenvalue weighted by atomic mass is 9.89. The van der Waals surface area contributed by atoms with Gasteiger partial charge in [0.25, 0.3) is 0 Å². The molecular weight excluding hydrogens is 1510 g/mol. The maximum Gasteiger partial charge on any atom is 0.119 e. The Labute approximate surface area is 595 Å². The maximum absolute atomic E-state index is 6.97. The lowest BCUT2D eigenvalue weighted by Crippen LogP contribution is -2.04. The first kappa shape index (κ1) is 102. The average Bonchev–Trinajstić information content (AvgIpc) is 3.61. The minimum absolute atomic E-state index is 0. The van der Waals surface area contributed by atoms with E-state index >= 15 is 0 Å². The second-order valence-corrected chi connectivity index (χ2v) is 23.5. The van der Waals surface area contributed by atoms with Crippen LogP contribution in [0.5, 0.6) is 11.5 Å². The van der Waals surface area contributed by atoms with Gasteiger partial charge < -0.3 is 12.9 Å². The van der Waals surface area contributed by atoms with E-state index in [2.05, 4.69) is 203 Å². The van der Waals surface area contributed by atoms with Crippen LogP contribution in [0.4, 0.5) is 0 Å². The van der Waals surface area contributed by atoms with E-state index in [4.69, 9.17) is 12.9 Å². The Hall–Kier alpha value is 1.31. The molecule has 1 unspecified atom stereocenters. The van der Waals surface area contributed by atoms with E-state index in [1.54, 1.807) is 22.9 Å². The van der Waals surface area contributed by atoms with Crippen molar-refractivity contribution in [3.63, 3.8) is 0 Å². The monoisotopic (exact) mass is 1670 g/mol. The fourth-order valence-electron chi connectivity index (χ4n) is 9.85. The number of hydrogen-bond donors (Lipinski definition) is 2. The van der Waals surface area contributed by atoms with Crippen LogP contribution in [0, 0.1) is 23.7 Å². The molecule has 0 saturated carbocycles. The molecule has 0 heterocycles. The van der Waals surface area contributed by atoms with Crippen LogP contribution >= 0.6 is 97.4 Å². The fraction of sp³-hybridized carbons (Fsp3) is 0.842. The van der Waals surface area contributed by atoms with Crippen LogP contribution in [-0.2, 0) is 25.7 Å². The van der Waals surface area contributed by atoms with Gasteiger partial charge in [-0.15, -0.1) is 0 Å². The molecule has 2 aromatic rings. The number of nitrogens with two attached hydrogens (primary N) is 1. The van der Waals surface area contributed by atoms with Gasteiger partial charge in [0.1, 0.15) is 34.5 Å². The average molecular weight is 1670 g/mol. The second-order valence-electron chi connectivity index (χ2n) is 23.5. The van der Waals surface area contributed by atoms with Crippen molar-refractivity contribution >= 4 is 97.4 Å². The van der Waals surface area contributed by atoms with Crippen molar-refractivity contribution < 1.29 is 12.9 Å². The Morgan fingerprint density at radius 3 is 0.729 bits per heavy atom. The fourth-order valence-corrected chi connectivity index (χ4v) is 9.85. The predicted octanol–water partition coefficient (Wildman–Crippen LogP) is 29.6. The minimum Gasteiger partial charge on any atom is -0.494 e. The van der Waals surface area contributed by atoms with Gasteiger partial charge in [-0.2, -0.15) is 0 Å². The molecule has 0 radical (unpaired) electrons. The van der Waals surface area contributed by atoms with Crippen molar-refractivity contribution in [1.29, 1.82) is 0 Å². The highest BCUT2D eigenvalue weighted by molar-refractivity contribution is 14.2. The van der Waals surface area contributed by atoms with E-state index in [1.165, 1.54) is 266 Å². The summed E-state index contributed by atoms with van der Waals surface area (Å²) in [5.74, 6) is 5.93. The van der Waals surface area contributed by atoms with Crippen LogP contribution in [0.1, 0.15) is 372 Å². The zero-order chi connectivity index (χ0) is 65.1. The Morgan fingerprint density at radius 2 is 0.553 bits per heavy atom. The molecule has 2 rings (SSSR count). The summed E-state index contributed by atoms with van der Waals surface area (Å²) in [4.78, 5) is 1.97. The number of aryl methyl sites for hydroxylation is 4. The van der Waals surface area contributed by atoms with Crippen molar-refractivity contribution in [2.24, 2.45) is 27.6 Å². The van der Waals surface area contributed by atoms with Crippen LogP contribution in [0.15, 0.2) is 36.4 Å². The van der Waals surface area contributed by atoms with E-state index in [-0.39, 0.29) is 7.43 Å². The van der Waals surface area contributed by atoms with E-state index in [9.17, 15) is 0 Å². The van der Waals surface area contributed by atoms with E-state index in [1.807, 2.05) is 4.93 Å². The molecule has 2 aromatic carbocycles. The molecule has 0 fully saturated rings. The highest BCUT2D eigenvalue weighted by Crippen LogP contribution is 2.28. The Morgan fingerprint density at radius 1 is 0.341 bits per heavy atom. The standard InChI is InChI=1S/C33H60O.C25H44O.2C6H14.C4H10.CH3I.CH4.H2IN.HIO.H2IP/c1-6-11-17-29(18-12-7-2)21-15-23-31-26-32(28-33(27-31)34-25-10-5)24-16-22-30(19-13-8-3)20-14-9-4;1-5-9-13-22(14-10-6-2)16-12-17-24-19-23(15-11-7-3)20-25(21-24)26-18-8-4;1-4-6(3)5-2;1-3-5-6-4-2;1-3-4-2;1-2;;3*1-2/h26-30H,6-25H2,1-5H3;19-22H,5-18H2,1-4H3;6H,4-5H2,1-3H3;3-6H2,1-2H3;3-4H2,1-2H3;1H3;1H4;2H2;2H;2H2. The summed E-state index contributed by atoms with van der Waals surface area (Å²) in [5, 5.41) is 0. The van der Waals surface area contributed by atoms with Crippen LogP contribution in [-0.4, -0.2) is 21.6 Å². The summed E-state index contributed by atoms with van der Waals surface area (Å²) < 4.78 is 23.5. The van der Waals surface area contributed by atoms with Crippen LogP contribution in [0.2, 0.25) is 0 Å². The third-order valence-electron chi connectivity index (χ3n) is 15.7. The van der Waals surface area contributed by atoms with E-state index in [0.717, 1.165) is 84.2 Å². The van der Waals surface area contributed by atoms with E-state index < -0.39 is 0 Å². The molecule has 4 nitrogen and oxygen atoms in total. The molecule has 1 atom stereocenters. The lowest BCUT2D eigenvalue weighted by Gasteiger charge is -2.17. The van der Waals surface area contributed by atoms with Gasteiger partial charge in [-0.25, -0.2) is 0 Å². The lowest BCUT2D eigenvalue weighted by molar-refractivity contribution is 0.316. The van der Waals surface area contributed by atoms with Gasteiger partial charge in [0.2, 0.25) is 0 Å². The molecule has 0 aromatic heterocycles. The van der Waals surface area contributed by atoms with Gasteiger partial charge in [0, 0.05) is 22.9 Å². The van der Waals surface area contributed by atoms with Crippen LogP contribution in [0.25, 0.3) is 0 Å². The van der Waals surface area contributed by atoms with Gasteiger partial charge in [-0.3, -0.25) is 3.95 Å². The highest BCUT2D eigenvalue weighted by Gasteiger charge is 2.13. The summed E-state index contributed by atoms with van der Waals surface area (Å²) in [6, 6.07) is 14.1.